The van der Waals surface area contributed by atoms with Gasteiger partial charge in [-0.25, -0.2) is 4.98 Å². The van der Waals surface area contributed by atoms with E-state index in [1.807, 2.05) is 30.3 Å². The van der Waals surface area contributed by atoms with E-state index in [1.165, 1.54) is 0 Å². The second-order valence-corrected chi connectivity index (χ2v) is 4.52. The van der Waals surface area contributed by atoms with Gasteiger partial charge < -0.3 is 5.73 Å². The Labute approximate surface area is 108 Å². The van der Waals surface area contributed by atoms with Crippen molar-refractivity contribution in [1.82, 2.24) is 9.97 Å². The van der Waals surface area contributed by atoms with Gasteiger partial charge in [0.2, 0.25) is 0 Å². The highest BCUT2D eigenvalue weighted by Crippen LogP contribution is 2.44. The Morgan fingerprint density at radius 2 is 1.79 bits per heavy atom. The van der Waals surface area contributed by atoms with E-state index in [2.05, 4.69) is 9.97 Å². The van der Waals surface area contributed by atoms with Crippen LogP contribution >= 0.6 is 0 Å². The van der Waals surface area contributed by atoms with Crippen molar-refractivity contribution in [2.75, 3.05) is 0 Å². The lowest BCUT2D eigenvalue weighted by Crippen LogP contribution is -2.13. The standard InChI is InChI=1S/C15H9N3O/c16-15(19)11-7-8-5-6-17-13-9-3-1-2-4-10(9)14(18-11)12(8)13/h1-7H,(H2,16,19). The van der Waals surface area contributed by atoms with E-state index in [0.29, 0.717) is 0 Å². The second-order valence-electron chi connectivity index (χ2n) is 4.52. The minimum atomic E-state index is -0.513. The summed E-state index contributed by atoms with van der Waals surface area (Å²) in [5.74, 6) is -0.513. The summed E-state index contributed by atoms with van der Waals surface area (Å²) in [4.78, 5) is 20.2. The molecule has 0 radical (unpaired) electrons. The molecule has 0 saturated carbocycles. The molecule has 1 aromatic carbocycles. The molecule has 1 aliphatic rings. The van der Waals surface area contributed by atoms with Gasteiger partial charge in [0.1, 0.15) is 5.69 Å². The third kappa shape index (κ3) is 1.25. The summed E-state index contributed by atoms with van der Waals surface area (Å²) in [5, 5.41) is 1.94. The van der Waals surface area contributed by atoms with E-state index in [-0.39, 0.29) is 5.69 Å². The third-order valence-corrected chi connectivity index (χ3v) is 3.43. The van der Waals surface area contributed by atoms with Crippen molar-refractivity contribution in [3.8, 4) is 22.5 Å². The number of nitrogens with two attached hydrogens (primary N) is 1. The fourth-order valence-corrected chi connectivity index (χ4v) is 2.62. The lowest BCUT2D eigenvalue weighted by Gasteiger charge is -2.03. The predicted octanol–water partition coefficient (Wildman–Crippen LogP) is 2.38. The van der Waals surface area contributed by atoms with E-state index in [0.717, 1.165) is 33.3 Å². The fraction of sp³-hybridized carbons (Fsp3) is 0. The number of pyridine rings is 2. The van der Waals surface area contributed by atoms with Crippen molar-refractivity contribution in [2.45, 2.75) is 0 Å². The molecule has 4 nitrogen and oxygen atoms in total. The molecule has 0 atom stereocenters. The van der Waals surface area contributed by atoms with Crippen LogP contribution < -0.4 is 5.73 Å². The van der Waals surface area contributed by atoms with Crippen LogP contribution in [0.15, 0.2) is 42.6 Å². The largest absolute Gasteiger partial charge is 0.364 e. The van der Waals surface area contributed by atoms with Crippen molar-refractivity contribution >= 4 is 16.7 Å². The molecule has 19 heavy (non-hydrogen) atoms. The van der Waals surface area contributed by atoms with Gasteiger partial charge in [-0.1, -0.05) is 24.3 Å². The zero-order valence-electron chi connectivity index (χ0n) is 9.92. The number of amides is 1. The number of rotatable bonds is 1. The Hall–Kier alpha value is -2.75. The number of primary amides is 1. The Kier molecular flexibility index (Phi) is 1.82. The molecule has 0 unspecified atom stereocenters. The molecule has 0 bridgehead atoms. The topological polar surface area (TPSA) is 68.9 Å². The smallest absolute Gasteiger partial charge is 0.267 e. The van der Waals surface area contributed by atoms with E-state index >= 15 is 0 Å². The van der Waals surface area contributed by atoms with Crippen molar-refractivity contribution in [3.05, 3.63) is 48.3 Å². The molecule has 90 valence electrons. The van der Waals surface area contributed by atoms with Gasteiger partial charge in [-0.3, -0.25) is 9.78 Å². The molecule has 1 aliphatic carbocycles. The van der Waals surface area contributed by atoms with E-state index in [9.17, 15) is 4.79 Å². The first kappa shape index (κ1) is 10.2. The Bertz CT molecular complexity index is 855. The minimum Gasteiger partial charge on any atom is -0.364 e. The highest BCUT2D eigenvalue weighted by Gasteiger charge is 2.24. The van der Waals surface area contributed by atoms with Crippen LogP contribution in [-0.2, 0) is 0 Å². The normalized spacial score (nSPS) is 11.6. The van der Waals surface area contributed by atoms with Crippen LogP contribution in [0.2, 0.25) is 0 Å². The summed E-state index contributed by atoms with van der Waals surface area (Å²) in [6.45, 7) is 0. The van der Waals surface area contributed by atoms with E-state index < -0.39 is 5.91 Å². The van der Waals surface area contributed by atoms with Crippen molar-refractivity contribution < 1.29 is 4.79 Å². The SMILES string of the molecule is NC(=O)c1cc2ccnc3c2c(n1)-c1ccccc1-3. The molecule has 4 rings (SSSR count). The lowest BCUT2D eigenvalue weighted by molar-refractivity contribution is 0.0996. The van der Waals surface area contributed by atoms with Crippen LogP contribution in [-0.4, -0.2) is 15.9 Å². The van der Waals surface area contributed by atoms with E-state index in [4.69, 9.17) is 5.73 Å². The first-order valence-electron chi connectivity index (χ1n) is 5.95. The maximum atomic E-state index is 11.4. The molecule has 2 aromatic heterocycles. The zero-order valence-corrected chi connectivity index (χ0v) is 9.92. The Morgan fingerprint density at radius 1 is 1.05 bits per heavy atom. The van der Waals surface area contributed by atoms with Gasteiger partial charge in [0.15, 0.2) is 0 Å². The fourth-order valence-electron chi connectivity index (χ4n) is 2.62. The average molecular weight is 247 g/mol. The molecule has 0 fully saturated rings. The number of hydrogen-bond acceptors (Lipinski definition) is 3. The lowest BCUT2D eigenvalue weighted by atomic mass is 10.1. The number of nitrogens with zero attached hydrogens (tertiary/aromatic N) is 2. The molecule has 2 heterocycles. The van der Waals surface area contributed by atoms with Crippen LogP contribution in [0.5, 0.6) is 0 Å². The summed E-state index contributed by atoms with van der Waals surface area (Å²) < 4.78 is 0. The summed E-state index contributed by atoms with van der Waals surface area (Å²) in [6, 6.07) is 11.5. The number of carbonyl (C=O) groups excluding carboxylic acids is 1. The quantitative estimate of drug-likeness (QED) is 0.561. The highest BCUT2D eigenvalue weighted by molar-refractivity contribution is 6.13. The molecule has 0 spiro atoms. The molecular weight excluding hydrogens is 238 g/mol. The maximum absolute atomic E-state index is 11.4. The van der Waals surface area contributed by atoms with Gasteiger partial charge in [0.25, 0.3) is 5.91 Å². The third-order valence-electron chi connectivity index (χ3n) is 3.43. The van der Waals surface area contributed by atoms with Crippen molar-refractivity contribution in [1.29, 1.82) is 0 Å². The molecule has 4 heteroatoms. The number of aromatic nitrogens is 2. The molecule has 0 aliphatic heterocycles. The van der Waals surface area contributed by atoms with Crippen LogP contribution in [0, 0.1) is 0 Å². The summed E-state index contributed by atoms with van der Waals surface area (Å²) in [6.07, 6.45) is 1.74. The van der Waals surface area contributed by atoms with Gasteiger partial charge in [-0.05, 0) is 17.5 Å². The summed E-state index contributed by atoms with van der Waals surface area (Å²) in [7, 11) is 0. The number of benzene rings is 1. The van der Waals surface area contributed by atoms with Gasteiger partial charge in [0, 0.05) is 22.7 Å². The van der Waals surface area contributed by atoms with Crippen LogP contribution in [0.1, 0.15) is 10.5 Å². The molecule has 0 saturated heterocycles. The molecule has 2 N–H and O–H groups in total. The van der Waals surface area contributed by atoms with Crippen LogP contribution in [0.4, 0.5) is 0 Å². The Balaban J connectivity index is 2.21. The summed E-state index contributed by atoms with van der Waals surface area (Å²) >= 11 is 0. The van der Waals surface area contributed by atoms with E-state index in [1.54, 1.807) is 12.3 Å². The zero-order chi connectivity index (χ0) is 13.0. The van der Waals surface area contributed by atoms with Crippen LogP contribution in [0.25, 0.3) is 33.3 Å². The molecule has 3 aromatic rings. The average Bonchev–Trinajstić information content (AvgIpc) is 2.76. The molecule has 1 amide bonds. The van der Waals surface area contributed by atoms with Gasteiger partial charge in [-0.2, -0.15) is 0 Å². The number of hydrogen-bond donors (Lipinski definition) is 1. The highest BCUT2D eigenvalue weighted by atomic mass is 16.1. The number of carbonyl (C=O) groups is 1. The van der Waals surface area contributed by atoms with Gasteiger partial charge >= 0.3 is 0 Å². The van der Waals surface area contributed by atoms with Crippen molar-refractivity contribution in [2.24, 2.45) is 5.73 Å². The second kappa shape index (κ2) is 3.38. The van der Waals surface area contributed by atoms with Crippen molar-refractivity contribution in [3.63, 3.8) is 0 Å². The Morgan fingerprint density at radius 3 is 2.53 bits per heavy atom. The maximum Gasteiger partial charge on any atom is 0.267 e. The summed E-state index contributed by atoms with van der Waals surface area (Å²) in [5.41, 5.74) is 9.41. The monoisotopic (exact) mass is 247 g/mol. The van der Waals surface area contributed by atoms with Crippen LogP contribution in [0.3, 0.4) is 0 Å². The number of fused-ring (bicyclic) bond motifs is 3. The van der Waals surface area contributed by atoms with Gasteiger partial charge in [-0.15, -0.1) is 0 Å². The first-order chi connectivity index (χ1) is 9.25. The first-order valence-corrected chi connectivity index (χ1v) is 5.95. The predicted molar refractivity (Wildman–Crippen MR) is 72.5 cm³/mol. The van der Waals surface area contributed by atoms with Gasteiger partial charge in [0.05, 0.1) is 11.4 Å². The molecular formula is C15H9N3O. The minimum absolute atomic E-state index is 0.288.